The van der Waals surface area contributed by atoms with Gasteiger partial charge in [-0.2, -0.15) is 5.26 Å². The van der Waals surface area contributed by atoms with Crippen LogP contribution < -0.4 is 0 Å². The van der Waals surface area contributed by atoms with Crippen molar-refractivity contribution in [3.8, 4) is 6.07 Å². The van der Waals surface area contributed by atoms with Gasteiger partial charge in [0.15, 0.2) is 0 Å². The molecule has 1 saturated heterocycles. The predicted molar refractivity (Wildman–Crippen MR) is 106 cm³/mol. The summed E-state index contributed by atoms with van der Waals surface area (Å²) in [4.78, 5) is 1.11. The maximum Gasteiger partial charge on any atom is 0.222 e. The van der Waals surface area contributed by atoms with Crippen LogP contribution in [0.4, 0.5) is 0 Å². The Bertz CT molecular complexity index is 897. The average molecular weight is 417 g/mol. The summed E-state index contributed by atoms with van der Waals surface area (Å²) in [5.41, 5.74) is 2.07. The number of rotatable bonds is 5. The number of hydrogen-bond donors (Lipinski definition) is 5. The molecule has 1 aliphatic heterocycles. The Kier molecular flexibility index (Phi) is 6.61. The van der Waals surface area contributed by atoms with Crippen LogP contribution in [0, 0.1) is 11.3 Å². The Labute approximate surface area is 172 Å². The molecule has 5 N–H and O–H groups in total. The molecule has 0 radical (unpaired) electrons. The van der Waals surface area contributed by atoms with Gasteiger partial charge < -0.3 is 30.3 Å². The molecule has 5 atom stereocenters. The van der Waals surface area contributed by atoms with Crippen LogP contribution in [0.2, 0.25) is 0 Å². The highest BCUT2D eigenvalue weighted by molar-refractivity contribution is 7.98. The summed E-state index contributed by atoms with van der Waals surface area (Å²) in [5.74, 6) is -2.35. The fourth-order valence-corrected chi connectivity index (χ4v) is 3.84. The number of benzene rings is 2. The van der Waals surface area contributed by atoms with Crippen molar-refractivity contribution < 1.29 is 30.3 Å². The van der Waals surface area contributed by atoms with E-state index < -0.39 is 36.8 Å². The van der Waals surface area contributed by atoms with E-state index in [-0.39, 0.29) is 5.56 Å². The minimum atomic E-state index is -2.35. The molecule has 0 spiro atoms. The molecule has 3 rings (SSSR count). The van der Waals surface area contributed by atoms with Crippen molar-refractivity contribution in [2.75, 3.05) is 12.9 Å². The molecule has 0 unspecified atom stereocenters. The van der Waals surface area contributed by atoms with E-state index in [4.69, 9.17) is 4.74 Å². The molecular formula is C21H23NO6S. The van der Waals surface area contributed by atoms with E-state index in [1.54, 1.807) is 11.8 Å². The van der Waals surface area contributed by atoms with Gasteiger partial charge in [-0.25, -0.2) is 0 Å². The van der Waals surface area contributed by atoms with Crippen molar-refractivity contribution in [3.05, 3.63) is 64.7 Å². The van der Waals surface area contributed by atoms with Crippen molar-refractivity contribution in [1.29, 1.82) is 5.26 Å². The molecule has 0 amide bonds. The molecule has 29 heavy (non-hydrogen) atoms. The molecule has 0 bridgehead atoms. The van der Waals surface area contributed by atoms with Gasteiger partial charge >= 0.3 is 0 Å². The third-order valence-electron chi connectivity index (χ3n) is 5.16. The Morgan fingerprint density at radius 1 is 1.10 bits per heavy atom. The van der Waals surface area contributed by atoms with Gasteiger partial charge in [0.1, 0.15) is 24.4 Å². The molecule has 1 heterocycles. The summed E-state index contributed by atoms with van der Waals surface area (Å²) in [6, 6.07) is 14.4. The Balaban J connectivity index is 1.97. The summed E-state index contributed by atoms with van der Waals surface area (Å²) < 4.78 is 5.37. The molecular weight excluding hydrogens is 394 g/mol. The van der Waals surface area contributed by atoms with Crippen LogP contribution in [0.25, 0.3) is 0 Å². The highest BCUT2D eigenvalue weighted by atomic mass is 32.2. The maximum atomic E-state index is 11.0. The average Bonchev–Trinajstić information content (AvgIpc) is 2.75. The fourth-order valence-electron chi connectivity index (χ4n) is 3.43. The number of aliphatic hydroxyl groups is 5. The first-order valence-corrected chi connectivity index (χ1v) is 10.3. The molecule has 8 heteroatoms. The maximum absolute atomic E-state index is 11.0. The summed E-state index contributed by atoms with van der Waals surface area (Å²) in [6.07, 6.45) is -4.01. The molecule has 0 saturated carbocycles. The Morgan fingerprint density at radius 2 is 1.79 bits per heavy atom. The second kappa shape index (κ2) is 8.81. The summed E-state index contributed by atoms with van der Waals surface area (Å²) in [6.45, 7) is -0.655. The number of aliphatic hydroxyl groups excluding tert-OH is 4. The zero-order chi connectivity index (χ0) is 21.2. The Morgan fingerprint density at radius 3 is 2.38 bits per heavy atom. The number of thioether (sulfide) groups is 1. The van der Waals surface area contributed by atoms with E-state index >= 15 is 0 Å². The molecule has 2 aromatic rings. The van der Waals surface area contributed by atoms with E-state index in [0.717, 1.165) is 10.5 Å². The highest BCUT2D eigenvalue weighted by Gasteiger charge is 2.53. The number of ether oxygens (including phenoxy) is 1. The number of hydrogen-bond acceptors (Lipinski definition) is 8. The van der Waals surface area contributed by atoms with E-state index in [0.29, 0.717) is 17.5 Å². The molecule has 2 aromatic carbocycles. The van der Waals surface area contributed by atoms with Crippen molar-refractivity contribution >= 4 is 11.8 Å². The first-order chi connectivity index (χ1) is 13.8. The van der Waals surface area contributed by atoms with Crippen LogP contribution in [0.5, 0.6) is 0 Å². The largest absolute Gasteiger partial charge is 0.394 e. The topological polar surface area (TPSA) is 134 Å². The SMILES string of the molecule is CSc1ccc(Cc2cc([C@@]3(O)O[C@H](CO)[C@@H](O)[C@H](O)[C@H]3O)ccc2C#N)cc1. The lowest BCUT2D eigenvalue weighted by Gasteiger charge is -2.45. The van der Waals surface area contributed by atoms with Gasteiger partial charge in [0, 0.05) is 10.5 Å². The van der Waals surface area contributed by atoms with E-state index in [1.165, 1.54) is 18.2 Å². The van der Waals surface area contributed by atoms with Crippen LogP contribution in [0.1, 0.15) is 22.3 Å². The van der Waals surface area contributed by atoms with Crippen LogP contribution in [-0.2, 0) is 16.9 Å². The molecule has 154 valence electrons. The first-order valence-electron chi connectivity index (χ1n) is 9.05. The van der Waals surface area contributed by atoms with Gasteiger partial charge in [-0.05, 0) is 48.1 Å². The molecule has 7 nitrogen and oxygen atoms in total. The minimum Gasteiger partial charge on any atom is -0.394 e. The third kappa shape index (κ3) is 4.17. The quantitative estimate of drug-likeness (QED) is 0.444. The van der Waals surface area contributed by atoms with E-state index in [9.17, 15) is 30.8 Å². The van der Waals surface area contributed by atoms with Crippen LogP contribution in [-0.4, -0.2) is 62.8 Å². The smallest absolute Gasteiger partial charge is 0.222 e. The summed E-state index contributed by atoms with van der Waals surface area (Å²) in [5, 5.41) is 60.2. The summed E-state index contributed by atoms with van der Waals surface area (Å²) >= 11 is 1.62. The molecule has 0 aromatic heterocycles. The lowest BCUT2D eigenvalue weighted by molar-refractivity contribution is -0.357. The van der Waals surface area contributed by atoms with Gasteiger partial charge in [0.2, 0.25) is 5.79 Å². The van der Waals surface area contributed by atoms with Crippen molar-refractivity contribution in [1.82, 2.24) is 0 Å². The van der Waals surface area contributed by atoms with Crippen LogP contribution in [0.3, 0.4) is 0 Å². The van der Waals surface area contributed by atoms with Crippen molar-refractivity contribution in [3.63, 3.8) is 0 Å². The van der Waals surface area contributed by atoms with Gasteiger partial charge in [-0.15, -0.1) is 11.8 Å². The second-order valence-electron chi connectivity index (χ2n) is 6.97. The standard InChI is InChI=1S/C21H23NO6S/c1-29-16-6-2-12(3-7-16)8-14-9-15(5-4-13(14)10-22)21(27)20(26)19(25)18(24)17(11-23)28-21/h2-7,9,17-20,23-27H,8,11H2,1H3/t17-,18-,19+,20-,21-/m1/s1. The summed E-state index contributed by atoms with van der Waals surface area (Å²) in [7, 11) is 0. The highest BCUT2D eigenvalue weighted by Crippen LogP contribution is 2.37. The number of nitriles is 1. The predicted octanol–water partition coefficient (Wildman–Crippen LogP) is 0.490. The third-order valence-corrected chi connectivity index (χ3v) is 5.90. The lowest BCUT2D eigenvalue weighted by Crippen LogP contribution is -2.63. The lowest BCUT2D eigenvalue weighted by atomic mass is 9.86. The fraction of sp³-hybridized carbons (Fsp3) is 0.381. The Hall–Kier alpha value is -1.96. The second-order valence-corrected chi connectivity index (χ2v) is 7.85. The van der Waals surface area contributed by atoms with Crippen LogP contribution in [0.15, 0.2) is 47.4 Å². The normalized spacial score (nSPS) is 29.4. The molecule has 1 aliphatic rings. The van der Waals surface area contributed by atoms with Gasteiger partial charge in [-0.1, -0.05) is 18.2 Å². The first kappa shape index (κ1) is 21.7. The van der Waals surface area contributed by atoms with E-state index in [2.05, 4.69) is 6.07 Å². The van der Waals surface area contributed by atoms with Crippen molar-refractivity contribution in [2.24, 2.45) is 0 Å². The van der Waals surface area contributed by atoms with Gasteiger partial charge in [0.05, 0.1) is 18.2 Å². The van der Waals surface area contributed by atoms with E-state index in [1.807, 2.05) is 30.5 Å². The van der Waals surface area contributed by atoms with Gasteiger partial charge in [0.25, 0.3) is 0 Å². The van der Waals surface area contributed by atoms with Crippen LogP contribution >= 0.6 is 11.8 Å². The number of nitrogens with zero attached hydrogens (tertiary/aromatic N) is 1. The molecule has 1 fully saturated rings. The monoisotopic (exact) mass is 417 g/mol. The van der Waals surface area contributed by atoms with Gasteiger partial charge in [-0.3, -0.25) is 0 Å². The minimum absolute atomic E-state index is 0.115. The zero-order valence-electron chi connectivity index (χ0n) is 15.8. The van der Waals surface area contributed by atoms with Crippen molar-refractivity contribution in [2.45, 2.75) is 41.5 Å². The zero-order valence-corrected chi connectivity index (χ0v) is 16.6. The molecule has 0 aliphatic carbocycles.